The second-order valence-corrected chi connectivity index (χ2v) is 4.95. The molecule has 2 heteroatoms. The van der Waals surface area contributed by atoms with E-state index >= 15 is 0 Å². The summed E-state index contributed by atoms with van der Waals surface area (Å²) < 4.78 is 0. The molecule has 2 unspecified atom stereocenters. The van der Waals surface area contributed by atoms with Crippen molar-refractivity contribution >= 4 is 5.78 Å². The van der Waals surface area contributed by atoms with Gasteiger partial charge in [-0.05, 0) is 11.8 Å². The van der Waals surface area contributed by atoms with Crippen LogP contribution in [0, 0.1) is 11.3 Å². The molecule has 0 radical (unpaired) electrons. The van der Waals surface area contributed by atoms with Crippen LogP contribution < -0.4 is 5.73 Å². The molecule has 0 aromatic carbocycles. The van der Waals surface area contributed by atoms with Gasteiger partial charge in [0.15, 0.2) is 0 Å². The Kier molecular flexibility index (Phi) is 4.62. The van der Waals surface area contributed by atoms with Crippen LogP contribution in [-0.4, -0.2) is 11.8 Å². The minimum Gasteiger partial charge on any atom is -0.327 e. The van der Waals surface area contributed by atoms with Gasteiger partial charge >= 0.3 is 0 Å². The molecule has 0 bridgehead atoms. The lowest BCUT2D eigenvalue weighted by Gasteiger charge is -2.27. The maximum atomic E-state index is 11.6. The van der Waals surface area contributed by atoms with Crippen LogP contribution in [-0.2, 0) is 4.79 Å². The Morgan fingerprint density at radius 2 is 1.85 bits per heavy atom. The lowest BCUT2D eigenvalue weighted by atomic mass is 9.82. The summed E-state index contributed by atoms with van der Waals surface area (Å²) in [6.45, 7) is 10.2. The second kappa shape index (κ2) is 4.75. The molecule has 0 saturated carbocycles. The summed E-state index contributed by atoms with van der Waals surface area (Å²) in [6.07, 6.45) is 1.42. The molecule has 2 N–H and O–H groups in total. The standard InChI is InChI=1S/C11H23NO/c1-6-8(2)9(13)7-10(12)11(3,4)5/h8,10H,6-7,12H2,1-5H3. The van der Waals surface area contributed by atoms with E-state index in [-0.39, 0.29) is 17.4 Å². The molecule has 13 heavy (non-hydrogen) atoms. The van der Waals surface area contributed by atoms with Crippen LogP contribution >= 0.6 is 0 Å². The first kappa shape index (κ1) is 12.6. The van der Waals surface area contributed by atoms with Gasteiger partial charge in [-0.1, -0.05) is 34.6 Å². The summed E-state index contributed by atoms with van der Waals surface area (Å²) >= 11 is 0. The van der Waals surface area contributed by atoms with Crippen LogP contribution in [0.1, 0.15) is 47.5 Å². The molecule has 0 aromatic rings. The maximum absolute atomic E-state index is 11.6. The van der Waals surface area contributed by atoms with Crippen molar-refractivity contribution in [2.45, 2.75) is 53.5 Å². The second-order valence-electron chi connectivity index (χ2n) is 4.95. The minimum absolute atomic E-state index is 0.0194. The van der Waals surface area contributed by atoms with Crippen molar-refractivity contribution < 1.29 is 4.79 Å². The van der Waals surface area contributed by atoms with Gasteiger partial charge in [0.2, 0.25) is 0 Å². The fraction of sp³-hybridized carbons (Fsp3) is 0.909. The third-order valence-corrected chi connectivity index (χ3v) is 2.70. The first-order valence-corrected chi connectivity index (χ1v) is 5.07. The zero-order valence-electron chi connectivity index (χ0n) is 9.55. The number of Topliss-reactive ketones (excluding diaryl/α,β-unsaturated/α-hetero) is 1. The van der Waals surface area contributed by atoms with Crippen LogP contribution in [0.3, 0.4) is 0 Å². The van der Waals surface area contributed by atoms with Gasteiger partial charge in [-0.25, -0.2) is 0 Å². The molecule has 0 spiro atoms. The van der Waals surface area contributed by atoms with E-state index in [0.29, 0.717) is 12.2 Å². The fourth-order valence-electron chi connectivity index (χ4n) is 0.952. The lowest BCUT2D eigenvalue weighted by molar-refractivity contribution is -0.123. The van der Waals surface area contributed by atoms with Crippen molar-refractivity contribution in [3.63, 3.8) is 0 Å². The number of hydrogen-bond donors (Lipinski definition) is 1. The molecule has 2 nitrogen and oxygen atoms in total. The van der Waals surface area contributed by atoms with Crippen molar-refractivity contribution in [2.75, 3.05) is 0 Å². The summed E-state index contributed by atoms with van der Waals surface area (Å²) in [6, 6.07) is -0.0194. The maximum Gasteiger partial charge on any atom is 0.137 e. The van der Waals surface area contributed by atoms with Gasteiger partial charge < -0.3 is 5.73 Å². The van der Waals surface area contributed by atoms with Gasteiger partial charge in [-0.2, -0.15) is 0 Å². The molecular weight excluding hydrogens is 162 g/mol. The third kappa shape index (κ3) is 4.41. The van der Waals surface area contributed by atoms with Gasteiger partial charge in [-0.3, -0.25) is 4.79 Å². The Hall–Kier alpha value is -0.370. The summed E-state index contributed by atoms with van der Waals surface area (Å²) in [7, 11) is 0. The average molecular weight is 185 g/mol. The van der Waals surface area contributed by atoms with Crippen LogP contribution in [0.4, 0.5) is 0 Å². The van der Waals surface area contributed by atoms with Crippen LogP contribution in [0.15, 0.2) is 0 Å². The fourth-order valence-corrected chi connectivity index (χ4v) is 0.952. The zero-order valence-corrected chi connectivity index (χ0v) is 9.55. The highest BCUT2D eigenvalue weighted by Gasteiger charge is 2.24. The van der Waals surface area contributed by atoms with Crippen molar-refractivity contribution in [1.29, 1.82) is 0 Å². The number of rotatable bonds is 4. The lowest BCUT2D eigenvalue weighted by Crippen LogP contribution is -2.37. The number of carbonyl (C=O) groups is 1. The monoisotopic (exact) mass is 185 g/mol. The normalized spacial score (nSPS) is 16.8. The van der Waals surface area contributed by atoms with Crippen molar-refractivity contribution in [3.05, 3.63) is 0 Å². The van der Waals surface area contributed by atoms with Crippen molar-refractivity contribution in [2.24, 2.45) is 17.1 Å². The molecule has 0 heterocycles. The molecule has 0 amide bonds. The Morgan fingerprint density at radius 1 is 1.38 bits per heavy atom. The Morgan fingerprint density at radius 3 is 2.15 bits per heavy atom. The molecule has 0 aromatic heterocycles. The minimum atomic E-state index is -0.0194. The van der Waals surface area contributed by atoms with Gasteiger partial charge in [-0.15, -0.1) is 0 Å². The molecule has 0 aliphatic rings. The highest BCUT2D eigenvalue weighted by Crippen LogP contribution is 2.21. The molecule has 2 atom stereocenters. The molecule has 0 fully saturated rings. The number of hydrogen-bond acceptors (Lipinski definition) is 2. The van der Waals surface area contributed by atoms with E-state index in [4.69, 9.17) is 5.73 Å². The first-order chi connectivity index (χ1) is 5.79. The predicted molar refractivity (Wildman–Crippen MR) is 56.5 cm³/mol. The molecular formula is C11H23NO. The smallest absolute Gasteiger partial charge is 0.137 e. The highest BCUT2D eigenvalue weighted by atomic mass is 16.1. The quantitative estimate of drug-likeness (QED) is 0.730. The van der Waals surface area contributed by atoms with Crippen LogP contribution in [0.25, 0.3) is 0 Å². The Balaban J connectivity index is 4.07. The summed E-state index contributed by atoms with van der Waals surface area (Å²) in [5.41, 5.74) is 5.95. The summed E-state index contributed by atoms with van der Waals surface area (Å²) in [5, 5.41) is 0. The van der Waals surface area contributed by atoms with Gasteiger partial charge in [0.1, 0.15) is 5.78 Å². The molecule has 0 rings (SSSR count). The largest absolute Gasteiger partial charge is 0.327 e. The van der Waals surface area contributed by atoms with Crippen LogP contribution in [0.5, 0.6) is 0 Å². The molecule has 78 valence electrons. The molecule has 0 aliphatic heterocycles. The van der Waals surface area contributed by atoms with Gasteiger partial charge in [0.05, 0.1) is 0 Å². The van der Waals surface area contributed by atoms with Gasteiger partial charge in [0.25, 0.3) is 0 Å². The predicted octanol–water partition coefficient (Wildman–Crippen LogP) is 2.37. The first-order valence-electron chi connectivity index (χ1n) is 5.07. The van der Waals surface area contributed by atoms with E-state index < -0.39 is 0 Å². The van der Waals surface area contributed by atoms with E-state index in [1.807, 2.05) is 13.8 Å². The van der Waals surface area contributed by atoms with Crippen molar-refractivity contribution in [3.8, 4) is 0 Å². The van der Waals surface area contributed by atoms with E-state index in [1.165, 1.54) is 0 Å². The van der Waals surface area contributed by atoms with E-state index in [1.54, 1.807) is 0 Å². The third-order valence-electron chi connectivity index (χ3n) is 2.70. The zero-order chi connectivity index (χ0) is 10.6. The number of carbonyl (C=O) groups excluding carboxylic acids is 1. The summed E-state index contributed by atoms with van der Waals surface area (Å²) in [5.74, 6) is 0.457. The summed E-state index contributed by atoms with van der Waals surface area (Å²) in [4.78, 5) is 11.6. The topological polar surface area (TPSA) is 43.1 Å². The average Bonchev–Trinajstić information content (AvgIpc) is 2.01. The number of nitrogens with two attached hydrogens (primary N) is 1. The molecule has 0 saturated heterocycles. The van der Waals surface area contributed by atoms with E-state index in [0.717, 1.165) is 6.42 Å². The SMILES string of the molecule is CCC(C)C(=O)CC(N)C(C)(C)C. The van der Waals surface area contributed by atoms with Gasteiger partial charge in [0, 0.05) is 18.4 Å². The highest BCUT2D eigenvalue weighted by molar-refractivity contribution is 5.81. The molecule has 0 aliphatic carbocycles. The van der Waals surface area contributed by atoms with E-state index in [9.17, 15) is 4.79 Å². The van der Waals surface area contributed by atoms with Crippen molar-refractivity contribution in [1.82, 2.24) is 0 Å². The Labute approximate surface area is 81.9 Å². The Bertz CT molecular complexity index is 169. The number of ketones is 1. The van der Waals surface area contributed by atoms with Crippen LogP contribution in [0.2, 0.25) is 0 Å². The van der Waals surface area contributed by atoms with E-state index in [2.05, 4.69) is 20.8 Å².